The van der Waals surface area contributed by atoms with Gasteiger partial charge in [-0.3, -0.25) is 0 Å². The van der Waals surface area contributed by atoms with Gasteiger partial charge in [0, 0.05) is 24.3 Å². The Bertz CT molecular complexity index is 810. The van der Waals surface area contributed by atoms with Crippen LogP contribution in [0.1, 0.15) is 23.9 Å². The highest BCUT2D eigenvalue weighted by molar-refractivity contribution is 5.60. The van der Waals surface area contributed by atoms with E-state index in [0.29, 0.717) is 24.1 Å². The normalized spacial score (nSPS) is 17.5. The minimum Gasteiger partial charge on any atom is -0.381 e. The van der Waals surface area contributed by atoms with Gasteiger partial charge in [0.15, 0.2) is 11.6 Å². The first kappa shape index (κ1) is 14.0. The van der Waals surface area contributed by atoms with E-state index in [1.807, 2.05) is 37.3 Å². The summed E-state index contributed by atoms with van der Waals surface area (Å²) in [7, 11) is 0. The third-order valence-electron chi connectivity index (χ3n) is 3.98. The molecule has 0 N–H and O–H groups in total. The van der Waals surface area contributed by atoms with Crippen LogP contribution in [-0.4, -0.2) is 33.3 Å². The van der Waals surface area contributed by atoms with E-state index in [4.69, 9.17) is 9.26 Å². The van der Waals surface area contributed by atoms with Crippen LogP contribution in [0.4, 0.5) is 0 Å². The molecule has 1 atom stereocenters. The predicted molar refractivity (Wildman–Crippen MR) is 83.7 cm³/mol. The highest BCUT2D eigenvalue weighted by Crippen LogP contribution is 2.27. The number of hydrogen-bond donors (Lipinski definition) is 0. The molecule has 0 radical (unpaired) electrons. The van der Waals surface area contributed by atoms with E-state index < -0.39 is 0 Å². The third-order valence-corrected chi connectivity index (χ3v) is 3.98. The lowest BCUT2D eigenvalue weighted by Gasteiger charge is -2.04. The van der Waals surface area contributed by atoms with E-state index in [1.54, 1.807) is 6.20 Å². The van der Waals surface area contributed by atoms with Crippen LogP contribution in [0, 0.1) is 6.92 Å². The van der Waals surface area contributed by atoms with Crippen molar-refractivity contribution in [1.29, 1.82) is 0 Å². The highest BCUT2D eigenvalue weighted by atomic mass is 16.5. The molecule has 4 rings (SSSR count). The fraction of sp³-hybridized carbons (Fsp3) is 0.294. The Hall–Kier alpha value is -2.60. The molecule has 0 bridgehead atoms. The van der Waals surface area contributed by atoms with Gasteiger partial charge in [0.05, 0.1) is 17.9 Å². The molecule has 116 valence electrons. The van der Waals surface area contributed by atoms with E-state index in [0.717, 1.165) is 29.8 Å². The molecule has 6 heteroatoms. The number of aryl methyl sites for hydroxylation is 1. The van der Waals surface area contributed by atoms with Crippen molar-refractivity contribution in [2.24, 2.45) is 0 Å². The van der Waals surface area contributed by atoms with Crippen molar-refractivity contribution in [3.63, 3.8) is 0 Å². The number of rotatable bonds is 3. The maximum absolute atomic E-state index is 5.39. The molecule has 3 aromatic rings. The molecule has 0 saturated carbocycles. The zero-order chi connectivity index (χ0) is 15.6. The number of ether oxygens (including phenoxy) is 1. The molecule has 1 aliphatic heterocycles. The molecule has 1 saturated heterocycles. The molecule has 1 aromatic carbocycles. The summed E-state index contributed by atoms with van der Waals surface area (Å²) in [5.41, 5.74) is 2.57. The van der Waals surface area contributed by atoms with Crippen LogP contribution in [0.2, 0.25) is 0 Å². The first-order chi connectivity index (χ1) is 11.3. The van der Waals surface area contributed by atoms with Crippen LogP contribution in [-0.2, 0) is 4.74 Å². The molecule has 3 heterocycles. The molecule has 0 amide bonds. The lowest BCUT2D eigenvalue weighted by atomic mass is 10.1. The largest absolute Gasteiger partial charge is 0.381 e. The predicted octanol–water partition coefficient (Wildman–Crippen LogP) is 3.01. The average molecular weight is 308 g/mol. The third kappa shape index (κ3) is 2.73. The Balaban J connectivity index is 1.64. The summed E-state index contributed by atoms with van der Waals surface area (Å²) in [6, 6.07) is 9.88. The zero-order valence-electron chi connectivity index (χ0n) is 12.8. The Labute approximate surface area is 133 Å². The van der Waals surface area contributed by atoms with Crippen molar-refractivity contribution in [2.75, 3.05) is 13.2 Å². The average Bonchev–Trinajstić information content (AvgIpc) is 3.27. The first-order valence-electron chi connectivity index (χ1n) is 7.62. The van der Waals surface area contributed by atoms with Crippen LogP contribution < -0.4 is 0 Å². The summed E-state index contributed by atoms with van der Waals surface area (Å²) in [6.07, 6.45) is 2.68. The van der Waals surface area contributed by atoms with Crippen LogP contribution in [0.15, 0.2) is 41.1 Å². The van der Waals surface area contributed by atoms with Crippen molar-refractivity contribution < 1.29 is 9.26 Å². The van der Waals surface area contributed by atoms with Gasteiger partial charge in [0.2, 0.25) is 0 Å². The molecule has 0 aliphatic carbocycles. The molecule has 6 nitrogen and oxygen atoms in total. The Morgan fingerprint density at radius 3 is 2.74 bits per heavy atom. The first-order valence-corrected chi connectivity index (χ1v) is 7.62. The maximum Gasteiger partial charge on any atom is 0.261 e. The minimum atomic E-state index is 0.220. The summed E-state index contributed by atoms with van der Waals surface area (Å²) in [5, 5.41) is 4.07. The molecule has 1 fully saturated rings. The molecule has 2 aromatic heterocycles. The monoisotopic (exact) mass is 308 g/mol. The van der Waals surface area contributed by atoms with Gasteiger partial charge >= 0.3 is 0 Å². The van der Waals surface area contributed by atoms with Crippen LogP contribution in [0.5, 0.6) is 0 Å². The van der Waals surface area contributed by atoms with E-state index in [-0.39, 0.29) is 5.92 Å². The molecule has 0 spiro atoms. The fourth-order valence-corrected chi connectivity index (χ4v) is 2.65. The Morgan fingerprint density at radius 1 is 1.13 bits per heavy atom. The van der Waals surface area contributed by atoms with Crippen molar-refractivity contribution in [2.45, 2.75) is 19.3 Å². The second kappa shape index (κ2) is 5.89. The number of benzene rings is 1. The standard InChI is InChI=1S/C17H16N4O2/c1-11-14(9-18-15(19-11)12-5-3-2-4-6-12)17-20-16(21-23-17)13-7-8-22-10-13/h2-6,9,13H,7-8,10H2,1H3/t13-/m1/s1. The molecular formula is C17H16N4O2. The van der Waals surface area contributed by atoms with Gasteiger partial charge in [-0.1, -0.05) is 35.5 Å². The lowest BCUT2D eigenvalue weighted by Crippen LogP contribution is -2.00. The van der Waals surface area contributed by atoms with Crippen LogP contribution in [0.3, 0.4) is 0 Å². The zero-order valence-corrected chi connectivity index (χ0v) is 12.8. The minimum absolute atomic E-state index is 0.220. The second-order valence-electron chi connectivity index (χ2n) is 5.58. The van der Waals surface area contributed by atoms with Crippen LogP contribution >= 0.6 is 0 Å². The van der Waals surface area contributed by atoms with Gasteiger partial charge < -0.3 is 9.26 Å². The quantitative estimate of drug-likeness (QED) is 0.740. The van der Waals surface area contributed by atoms with Crippen molar-refractivity contribution in [1.82, 2.24) is 20.1 Å². The van der Waals surface area contributed by atoms with Gasteiger partial charge in [-0.15, -0.1) is 0 Å². The van der Waals surface area contributed by atoms with Gasteiger partial charge in [-0.2, -0.15) is 4.98 Å². The van der Waals surface area contributed by atoms with Gasteiger partial charge in [0.1, 0.15) is 0 Å². The fourth-order valence-electron chi connectivity index (χ4n) is 2.65. The van der Waals surface area contributed by atoms with Gasteiger partial charge in [-0.25, -0.2) is 9.97 Å². The summed E-state index contributed by atoms with van der Waals surface area (Å²) in [6.45, 7) is 3.33. The van der Waals surface area contributed by atoms with E-state index in [1.165, 1.54) is 0 Å². The maximum atomic E-state index is 5.39. The molecular weight excluding hydrogens is 292 g/mol. The lowest BCUT2D eigenvalue weighted by molar-refractivity contribution is 0.192. The van der Waals surface area contributed by atoms with E-state index in [9.17, 15) is 0 Å². The summed E-state index contributed by atoms with van der Waals surface area (Å²) >= 11 is 0. The van der Waals surface area contributed by atoms with Crippen molar-refractivity contribution >= 4 is 0 Å². The van der Waals surface area contributed by atoms with E-state index in [2.05, 4.69) is 20.1 Å². The number of hydrogen-bond acceptors (Lipinski definition) is 6. The second-order valence-corrected chi connectivity index (χ2v) is 5.58. The number of nitrogens with zero attached hydrogens (tertiary/aromatic N) is 4. The topological polar surface area (TPSA) is 73.9 Å². The summed E-state index contributed by atoms with van der Waals surface area (Å²) < 4.78 is 10.8. The smallest absolute Gasteiger partial charge is 0.261 e. The van der Waals surface area contributed by atoms with Crippen LogP contribution in [0.25, 0.3) is 22.8 Å². The SMILES string of the molecule is Cc1nc(-c2ccccc2)ncc1-c1nc([C@@H]2CCOC2)no1. The Kier molecular flexibility index (Phi) is 3.59. The molecule has 23 heavy (non-hydrogen) atoms. The molecule has 1 aliphatic rings. The van der Waals surface area contributed by atoms with E-state index >= 15 is 0 Å². The number of aromatic nitrogens is 4. The van der Waals surface area contributed by atoms with Gasteiger partial charge in [0.25, 0.3) is 5.89 Å². The Morgan fingerprint density at radius 2 is 2.00 bits per heavy atom. The van der Waals surface area contributed by atoms with Crippen molar-refractivity contribution in [3.8, 4) is 22.8 Å². The van der Waals surface area contributed by atoms with Gasteiger partial charge in [-0.05, 0) is 13.3 Å². The summed E-state index contributed by atoms with van der Waals surface area (Å²) in [4.78, 5) is 13.5. The van der Waals surface area contributed by atoms with Crippen molar-refractivity contribution in [3.05, 3.63) is 48.0 Å². The molecule has 0 unspecified atom stereocenters. The highest BCUT2D eigenvalue weighted by Gasteiger charge is 2.24. The summed E-state index contributed by atoms with van der Waals surface area (Å²) in [5.74, 6) is 2.07.